The Morgan fingerprint density at radius 2 is 1.62 bits per heavy atom. The van der Waals surface area contributed by atoms with E-state index in [1.54, 1.807) is 12.1 Å². The molecule has 24 heavy (non-hydrogen) atoms. The number of amides is 2. The molecule has 0 bridgehead atoms. The van der Waals surface area contributed by atoms with E-state index in [-0.39, 0.29) is 11.8 Å². The maximum absolute atomic E-state index is 12.4. The van der Waals surface area contributed by atoms with Crippen LogP contribution < -0.4 is 10.6 Å². The summed E-state index contributed by atoms with van der Waals surface area (Å²) in [6, 6.07) is 7.71. The third-order valence-electron chi connectivity index (χ3n) is 4.97. The summed E-state index contributed by atoms with van der Waals surface area (Å²) in [4.78, 5) is 26.3. The van der Waals surface area contributed by atoms with E-state index in [0.717, 1.165) is 31.6 Å². The molecule has 2 N–H and O–H groups in total. The lowest BCUT2D eigenvalue weighted by Gasteiger charge is -2.26. The highest BCUT2D eigenvalue weighted by Crippen LogP contribution is 2.18. The maximum atomic E-state index is 12.4. The summed E-state index contributed by atoms with van der Waals surface area (Å²) in [6.07, 6.45) is 8.24. The van der Waals surface area contributed by atoms with E-state index in [4.69, 9.17) is 0 Å². The van der Waals surface area contributed by atoms with Crippen LogP contribution in [-0.2, 0) is 4.79 Å². The van der Waals surface area contributed by atoms with Crippen LogP contribution in [0.3, 0.4) is 0 Å². The van der Waals surface area contributed by atoms with Crippen LogP contribution >= 0.6 is 0 Å². The molecule has 1 aromatic rings. The zero-order valence-corrected chi connectivity index (χ0v) is 14.2. The molecule has 2 aliphatic rings. The van der Waals surface area contributed by atoms with E-state index in [2.05, 4.69) is 10.6 Å². The van der Waals surface area contributed by atoms with Gasteiger partial charge in [0.25, 0.3) is 5.91 Å². The summed E-state index contributed by atoms with van der Waals surface area (Å²) in [5.74, 6) is 0.0625. The molecule has 0 radical (unpaired) electrons. The van der Waals surface area contributed by atoms with Crippen molar-refractivity contribution in [2.45, 2.75) is 51.0 Å². The number of carbonyl (C=O) groups is 2. The summed E-state index contributed by atoms with van der Waals surface area (Å²) in [7, 11) is 0. The molecule has 1 aliphatic carbocycles. The number of nitrogens with zero attached hydrogens (tertiary/aromatic N) is 1. The third kappa shape index (κ3) is 4.57. The van der Waals surface area contributed by atoms with Crippen molar-refractivity contribution >= 4 is 17.5 Å². The minimum atomic E-state index is -0.0305. The van der Waals surface area contributed by atoms with Crippen LogP contribution in [0.25, 0.3) is 0 Å². The Morgan fingerprint density at radius 3 is 2.29 bits per heavy atom. The summed E-state index contributed by atoms with van der Waals surface area (Å²) in [5.41, 5.74) is 1.43. The van der Waals surface area contributed by atoms with Crippen LogP contribution in [0.15, 0.2) is 24.3 Å². The molecule has 0 spiro atoms. The second-order valence-electron chi connectivity index (χ2n) is 6.84. The van der Waals surface area contributed by atoms with E-state index in [1.807, 2.05) is 17.0 Å². The number of likely N-dealkylation sites (tertiary alicyclic amines) is 1. The Kier molecular flexibility index (Phi) is 5.86. The van der Waals surface area contributed by atoms with Crippen molar-refractivity contribution in [2.75, 3.05) is 25.0 Å². The monoisotopic (exact) mass is 329 g/mol. The van der Waals surface area contributed by atoms with Crippen LogP contribution in [0.1, 0.15) is 55.3 Å². The van der Waals surface area contributed by atoms with Crippen molar-refractivity contribution in [1.29, 1.82) is 0 Å². The number of anilines is 1. The molecule has 3 rings (SSSR count). The maximum Gasteiger partial charge on any atom is 0.253 e. The first kappa shape index (κ1) is 17.0. The summed E-state index contributed by atoms with van der Waals surface area (Å²) in [5, 5.41) is 6.19. The van der Waals surface area contributed by atoms with Gasteiger partial charge in [0.2, 0.25) is 5.91 Å². The van der Waals surface area contributed by atoms with E-state index in [0.29, 0.717) is 18.2 Å². The van der Waals surface area contributed by atoms with Crippen LogP contribution in [0.4, 0.5) is 5.69 Å². The first-order chi connectivity index (χ1) is 11.7. The fraction of sp³-hybridized carbons (Fsp3) is 0.579. The molecule has 0 unspecified atom stereocenters. The first-order valence-electron chi connectivity index (χ1n) is 9.15. The molecule has 2 amide bonds. The molecule has 1 saturated carbocycles. The van der Waals surface area contributed by atoms with Gasteiger partial charge in [-0.2, -0.15) is 0 Å². The van der Waals surface area contributed by atoms with Crippen molar-refractivity contribution in [3.8, 4) is 0 Å². The molecule has 5 heteroatoms. The second-order valence-corrected chi connectivity index (χ2v) is 6.84. The predicted octanol–water partition coefficient (Wildman–Crippen LogP) is 2.78. The van der Waals surface area contributed by atoms with Crippen molar-refractivity contribution < 1.29 is 9.59 Å². The number of rotatable bonds is 5. The van der Waals surface area contributed by atoms with Gasteiger partial charge in [0.1, 0.15) is 0 Å². The van der Waals surface area contributed by atoms with Gasteiger partial charge in [-0.25, -0.2) is 0 Å². The fourth-order valence-electron chi connectivity index (χ4n) is 3.55. The van der Waals surface area contributed by atoms with E-state index in [1.165, 1.54) is 32.1 Å². The zero-order chi connectivity index (χ0) is 16.8. The lowest BCUT2D eigenvalue weighted by molar-refractivity contribution is -0.115. The zero-order valence-electron chi connectivity index (χ0n) is 14.2. The number of hydrogen-bond donors (Lipinski definition) is 2. The number of piperidine rings is 1. The molecular weight excluding hydrogens is 302 g/mol. The minimum Gasteiger partial charge on any atom is -0.339 e. The van der Waals surface area contributed by atoms with Gasteiger partial charge in [-0.15, -0.1) is 0 Å². The second kappa shape index (κ2) is 8.29. The molecule has 1 aliphatic heterocycles. The van der Waals surface area contributed by atoms with Crippen LogP contribution in [0.2, 0.25) is 0 Å². The molecule has 1 aromatic carbocycles. The predicted molar refractivity (Wildman–Crippen MR) is 95.1 cm³/mol. The molecule has 5 nitrogen and oxygen atoms in total. The van der Waals surface area contributed by atoms with Crippen LogP contribution in [-0.4, -0.2) is 42.4 Å². The van der Waals surface area contributed by atoms with Gasteiger partial charge in [0.05, 0.1) is 6.54 Å². The standard InChI is InChI=1S/C19H27N3O2/c23-18(14-20-16-6-2-3-7-16)21-17-10-8-15(9-11-17)19(24)22-12-4-1-5-13-22/h8-11,16,20H,1-7,12-14H2,(H,21,23). The van der Waals surface area contributed by atoms with Crippen molar-refractivity contribution in [3.05, 3.63) is 29.8 Å². The van der Waals surface area contributed by atoms with E-state index < -0.39 is 0 Å². The number of nitrogens with one attached hydrogen (secondary N) is 2. The minimum absolute atomic E-state index is 0.0305. The van der Waals surface area contributed by atoms with Crippen molar-refractivity contribution in [2.24, 2.45) is 0 Å². The molecule has 0 atom stereocenters. The molecule has 2 fully saturated rings. The summed E-state index contributed by atoms with van der Waals surface area (Å²) < 4.78 is 0. The highest BCUT2D eigenvalue weighted by atomic mass is 16.2. The highest BCUT2D eigenvalue weighted by Gasteiger charge is 2.18. The molecule has 1 heterocycles. The Labute approximate surface area is 143 Å². The summed E-state index contributed by atoms with van der Waals surface area (Å²) >= 11 is 0. The van der Waals surface area contributed by atoms with Gasteiger partial charge in [0, 0.05) is 30.4 Å². The van der Waals surface area contributed by atoms with E-state index in [9.17, 15) is 9.59 Å². The van der Waals surface area contributed by atoms with Crippen molar-refractivity contribution in [3.63, 3.8) is 0 Å². The van der Waals surface area contributed by atoms with Gasteiger partial charge >= 0.3 is 0 Å². The lowest BCUT2D eigenvalue weighted by atomic mass is 10.1. The van der Waals surface area contributed by atoms with Crippen LogP contribution in [0, 0.1) is 0 Å². The number of hydrogen-bond acceptors (Lipinski definition) is 3. The number of benzene rings is 1. The van der Waals surface area contributed by atoms with Gasteiger partial charge in [0.15, 0.2) is 0 Å². The molecule has 0 aromatic heterocycles. The van der Waals surface area contributed by atoms with Gasteiger partial charge in [-0.3, -0.25) is 9.59 Å². The SMILES string of the molecule is O=C(CNC1CCCC1)Nc1ccc(C(=O)N2CCCCC2)cc1. The average Bonchev–Trinajstić information content (AvgIpc) is 3.14. The lowest BCUT2D eigenvalue weighted by Crippen LogP contribution is -2.35. The van der Waals surface area contributed by atoms with Gasteiger partial charge in [-0.1, -0.05) is 12.8 Å². The quantitative estimate of drug-likeness (QED) is 0.873. The van der Waals surface area contributed by atoms with Gasteiger partial charge in [-0.05, 0) is 56.4 Å². The van der Waals surface area contributed by atoms with Gasteiger partial charge < -0.3 is 15.5 Å². The molecular formula is C19H27N3O2. The molecule has 130 valence electrons. The third-order valence-corrected chi connectivity index (χ3v) is 4.97. The Balaban J connectivity index is 1.48. The smallest absolute Gasteiger partial charge is 0.253 e. The largest absolute Gasteiger partial charge is 0.339 e. The number of carbonyl (C=O) groups excluding carboxylic acids is 2. The van der Waals surface area contributed by atoms with E-state index >= 15 is 0 Å². The normalized spacial score (nSPS) is 18.6. The first-order valence-corrected chi connectivity index (χ1v) is 9.15. The van der Waals surface area contributed by atoms with Crippen LogP contribution in [0.5, 0.6) is 0 Å². The fourth-order valence-corrected chi connectivity index (χ4v) is 3.55. The topological polar surface area (TPSA) is 61.4 Å². The Bertz CT molecular complexity index is 558. The Hall–Kier alpha value is -1.88. The Morgan fingerprint density at radius 1 is 0.958 bits per heavy atom. The molecule has 1 saturated heterocycles. The van der Waals surface area contributed by atoms with Crippen molar-refractivity contribution in [1.82, 2.24) is 10.2 Å². The summed E-state index contributed by atoms with van der Waals surface area (Å²) in [6.45, 7) is 2.05. The highest BCUT2D eigenvalue weighted by molar-refractivity contribution is 5.96. The average molecular weight is 329 g/mol.